The van der Waals surface area contributed by atoms with Gasteiger partial charge in [-0.3, -0.25) is 9.59 Å². The molecule has 1 aliphatic rings. The van der Waals surface area contributed by atoms with Gasteiger partial charge in [-0.05, 0) is 50.4 Å². The number of carbonyl (C=O) groups is 2. The van der Waals surface area contributed by atoms with E-state index in [2.05, 4.69) is 10.6 Å². The topological polar surface area (TPSA) is 84.2 Å². The molecule has 0 saturated heterocycles. The van der Waals surface area contributed by atoms with Crippen LogP contribution in [0.5, 0.6) is 0 Å². The average molecular weight is 275 g/mol. The Labute approximate surface area is 118 Å². The van der Waals surface area contributed by atoms with Gasteiger partial charge in [0.25, 0.3) is 5.91 Å². The van der Waals surface area contributed by atoms with Gasteiger partial charge in [0.1, 0.15) is 6.04 Å². The van der Waals surface area contributed by atoms with E-state index in [0.717, 1.165) is 24.8 Å². The van der Waals surface area contributed by atoms with Crippen molar-refractivity contribution in [3.8, 4) is 0 Å². The van der Waals surface area contributed by atoms with Gasteiger partial charge in [-0.25, -0.2) is 0 Å². The molecule has 1 aromatic rings. The molecule has 4 N–H and O–H groups in total. The highest BCUT2D eigenvalue weighted by Crippen LogP contribution is 2.18. The van der Waals surface area contributed by atoms with Gasteiger partial charge in [0.2, 0.25) is 5.91 Å². The number of carbonyl (C=O) groups excluding carboxylic acids is 2. The van der Waals surface area contributed by atoms with Crippen molar-refractivity contribution in [3.63, 3.8) is 0 Å². The fraction of sp³-hybridized carbons (Fsp3) is 0.467. The van der Waals surface area contributed by atoms with Crippen LogP contribution < -0.4 is 16.4 Å². The van der Waals surface area contributed by atoms with E-state index in [-0.39, 0.29) is 11.8 Å². The van der Waals surface area contributed by atoms with E-state index in [1.165, 1.54) is 0 Å². The highest BCUT2D eigenvalue weighted by atomic mass is 16.2. The molecule has 1 saturated carbocycles. The average Bonchev–Trinajstić information content (AvgIpc) is 3.23. The van der Waals surface area contributed by atoms with Crippen LogP contribution in [0.15, 0.2) is 24.3 Å². The van der Waals surface area contributed by atoms with Gasteiger partial charge in [-0.2, -0.15) is 0 Å². The van der Waals surface area contributed by atoms with Crippen molar-refractivity contribution < 1.29 is 9.59 Å². The Morgan fingerprint density at radius 3 is 2.80 bits per heavy atom. The molecule has 0 bridgehead atoms. The van der Waals surface area contributed by atoms with Gasteiger partial charge in [0.05, 0.1) is 0 Å². The lowest BCUT2D eigenvalue weighted by Gasteiger charge is -2.14. The molecule has 0 aromatic heterocycles. The number of nitrogens with two attached hydrogens (primary N) is 1. The summed E-state index contributed by atoms with van der Waals surface area (Å²) in [5, 5.41) is 5.59. The molecule has 0 spiro atoms. The maximum Gasteiger partial charge on any atom is 0.251 e. The molecule has 1 atom stereocenters. The lowest BCUT2D eigenvalue weighted by atomic mass is 10.1. The summed E-state index contributed by atoms with van der Waals surface area (Å²) in [6.45, 7) is 2.24. The van der Waals surface area contributed by atoms with Crippen molar-refractivity contribution in [2.75, 3.05) is 6.54 Å². The number of benzene rings is 1. The summed E-state index contributed by atoms with van der Waals surface area (Å²) in [5.74, 6) is -0.360. The highest BCUT2D eigenvalue weighted by Gasteiger charge is 2.26. The number of hydrogen-bond acceptors (Lipinski definition) is 3. The molecule has 1 aromatic carbocycles. The predicted octanol–water partition coefficient (Wildman–Crippen LogP) is 0.585. The Bertz CT molecular complexity index is 498. The first kappa shape index (κ1) is 14.5. The van der Waals surface area contributed by atoms with Crippen molar-refractivity contribution in [1.82, 2.24) is 10.6 Å². The zero-order chi connectivity index (χ0) is 14.5. The van der Waals surface area contributed by atoms with Crippen molar-refractivity contribution >= 4 is 11.8 Å². The molecule has 0 aliphatic heterocycles. The molecule has 108 valence electrons. The van der Waals surface area contributed by atoms with Crippen LogP contribution >= 0.6 is 0 Å². The minimum Gasteiger partial charge on any atom is -0.352 e. The van der Waals surface area contributed by atoms with Gasteiger partial charge in [0, 0.05) is 11.6 Å². The lowest BCUT2D eigenvalue weighted by molar-refractivity contribution is -0.122. The zero-order valence-electron chi connectivity index (χ0n) is 11.7. The van der Waals surface area contributed by atoms with Crippen molar-refractivity contribution in [1.29, 1.82) is 0 Å². The third-order valence-corrected chi connectivity index (χ3v) is 3.29. The summed E-state index contributed by atoms with van der Waals surface area (Å²) < 4.78 is 0. The zero-order valence-corrected chi connectivity index (χ0v) is 11.7. The number of hydrogen-bond donors (Lipinski definition) is 3. The Balaban J connectivity index is 1.92. The van der Waals surface area contributed by atoms with Crippen LogP contribution in [0.4, 0.5) is 0 Å². The molecule has 2 rings (SSSR count). The molecular formula is C15H21N3O2. The minimum atomic E-state index is -0.527. The number of rotatable bonds is 6. The van der Waals surface area contributed by atoms with Crippen LogP contribution in [0, 0.1) is 0 Å². The van der Waals surface area contributed by atoms with Crippen molar-refractivity contribution in [3.05, 3.63) is 35.4 Å². The van der Waals surface area contributed by atoms with Crippen LogP contribution in [-0.2, 0) is 11.2 Å². The van der Waals surface area contributed by atoms with E-state index >= 15 is 0 Å². The molecule has 20 heavy (non-hydrogen) atoms. The number of nitrogens with one attached hydrogen (secondary N) is 2. The van der Waals surface area contributed by atoms with Gasteiger partial charge in [-0.1, -0.05) is 12.1 Å². The second-order valence-electron chi connectivity index (χ2n) is 5.22. The van der Waals surface area contributed by atoms with E-state index in [1.54, 1.807) is 13.0 Å². The van der Waals surface area contributed by atoms with E-state index in [4.69, 9.17) is 5.73 Å². The van der Waals surface area contributed by atoms with Crippen LogP contribution in [0.3, 0.4) is 0 Å². The second-order valence-corrected chi connectivity index (χ2v) is 5.22. The van der Waals surface area contributed by atoms with Gasteiger partial charge in [0.15, 0.2) is 0 Å². The summed E-state index contributed by atoms with van der Waals surface area (Å²) >= 11 is 0. The van der Waals surface area contributed by atoms with Crippen LogP contribution in [0.2, 0.25) is 0 Å². The van der Waals surface area contributed by atoms with Gasteiger partial charge >= 0.3 is 0 Å². The Kier molecular flexibility index (Phi) is 4.74. The minimum absolute atomic E-state index is 0.126. The third-order valence-electron chi connectivity index (χ3n) is 3.29. The monoisotopic (exact) mass is 275 g/mol. The third kappa shape index (κ3) is 4.06. The Morgan fingerprint density at radius 1 is 1.40 bits per heavy atom. The van der Waals surface area contributed by atoms with Crippen LogP contribution in [-0.4, -0.2) is 30.4 Å². The maximum atomic E-state index is 12.1. The standard InChI is InChI=1S/C15H21N3O2/c1-10(14(19)18-13-5-6-13)17-15(20)12-4-2-3-11(9-12)7-8-16/h2-4,9-10,13H,5-8,16H2,1H3,(H,17,20)(H,18,19). The molecule has 5 heteroatoms. The van der Waals surface area contributed by atoms with Crippen molar-refractivity contribution in [2.24, 2.45) is 5.73 Å². The molecular weight excluding hydrogens is 254 g/mol. The van der Waals surface area contributed by atoms with Crippen LogP contribution in [0.1, 0.15) is 35.7 Å². The number of amides is 2. The lowest BCUT2D eigenvalue weighted by Crippen LogP contribution is -2.45. The van der Waals surface area contributed by atoms with E-state index < -0.39 is 6.04 Å². The summed E-state index contributed by atoms with van der Waals surface area (Å²) in [6.07, 6.45) is 2.81. The molecule has 0 radical (unpaired) electrons. The van der Waals surface area contributed by atoms with Crippen molar-refractivity contribution in [2.45, 2.75) is 38.3 Å². The molecule has 5 nitrogen and oxygen atoms in total. The summed E-state index contributed by atoms with van der Waals surface area (Å²) in [5.41, 5.74) is 7.09. The smallest absolute Gasteiger partial charge is 0.251 e. The molecule has 1 unspecified atom stereocenters. The summed E-state index contributed by atoms with van der Waals surface area (Å²) in [7, 11) is 0. The Morgan fingerprint density at radius 2 is 2.15 bits per heavy atom. The normalized spacial score (nSPS) is 15.5. The fourth-order valence-electron chi connectivity index (χ4n) is 1.93. The van der Waals surface area contributed by atoms with Gasteiger partial charge in [-0.15, -0.1) is 0 Å². The summed E-state index contributed by atoms with van der Waals surface area (Å²) in [6, 6.07) is 7.09. The van der Waals surface area contributed by atoms with E-state index in [0.29, 0.717) is 18.2 Å². The molecule has 2 amide bonds. The molecule has 1 fully saturated rings. The largest absolute Gasteiger partial charge is 0.352 e. The second kappa shape index (κ2) is 6.52. The van der Waals surface area contributed by atoms with Gasteiger partial charge < -0.3 is 16.4 Å². The predicted molar refractivity (Wildman–Crippen MR) is 77.3 cm³/mol. The highest BCUT2D eigenvalue weighted by molar-refractivity contribution is 5.97. The Hall–Kier alpha value is -1.88. The summed E-state index contributed by atoms with van der Waals surface area (Å²) in [4.78, 5) is 23.9. The first-order valence-electron chi connectivity index (χ1n) is 7.00. The van der Waals surface area contributed by atoms with Crippen LogP contribution in [0.25, 0.3) is 0 Å². The molecule has 1 aliphatic carbocycles. The SMILES string of the molecule is CC(NC(=O)c1cccc(CCN)c1)C(=O)NC1CC1. The first-order chi connectivity index (χ1) is 9.60. The first-order valence-corrected chi connectivity index (χ1v) is 7.00. The quantitative estimate of drug-likeness (QED) is 0.710. The maximum absolute atomic E-state index is 12.1. The van der Waals surface area contributed by atoms with E-state index in [1.807, 2.05) is 18.2 Å². The van der Waals surface area contributed by atoms with E-state index in [9.17, 15) is 9.59 Å². The molecule has 0 heterocycles. The fourth-order valence-corrected chi connectivity index (χ4v) is 1.93.